The number of hydrogen-bond acceptors (Lipinski definition) is 4. The molecule has 3 rings (SSSR count). The summed E-state index contributed by atoms with van der Waals surface area (Å²) < 4.78 is 20.5. The predicted octanol–water partition coefficient (Wildman–Crippen LogP) is 2.69. The molecule has 0 unspecified atom stereocenters. The summed E-state index contributed by atoms with van der Waals surface area (Å²) in [6, 6.07) is 13.8. The fourth-order valence-corrected chi connectivity index (χ4v) is 1.89. The minimum absolute atomic E-state index is 0.0774. The lowest BCUT2D eigenvalue weighted by Crippen LogP contribution is -1.98. The van der Waals surface area contributed by atoms with Crippen molar-refractivity contribution < 1.29 is 14.2 Å². The number of benzene rings is 2. The van der Waals surface area contributed by atoms with Crippen molar-refractivity contribution >= 4 is 0 Å². The van der Waals surface area contributed by atoms with Crippen molar-refractivity contribution in [3.63, 3.8) is 0 Å². The molecule has 0 spiro atoms. The van der Waals surface area contributed by atoms with Gasteiger partial charge in [0.25, 0.3) is 0 Å². The van der Waals surface area contributed by atoms with Gasteiger partial charge in [-0.05, 0) is 24.3 Å². The molecule has 0 bridgehead atoms. The number of para-hydroxylation sites is 1. The highest BCUT2D eigenvalue weighted by atomic mass is 19.1. The van der Waals surface area contributed by atoms with Crippen molar-refractivity contribution in [2.24, 2.45) is 0 Å². The fraction of sp³-hybridized carbons (Fsp3) is 0.0667. The first-order valence-electron chi connectivity index (χ1n) is 6.31. The summed E-state index contributed by atoms with van der Waals surface area (Å²) in [5.74, 6) is -0.333. The maximum atomic E-state index is 13.5. The van der Waals surface area contributed by atoms with Crippen LogP contribution in [-0.4, -0.2) is 19.9 Å². The number of rotatable bonds is 4. The maximum Gasteiger partial charge on any atom is 0.341 e. The second-order valence-corrected chi connectivity index (χ2v) is 4.28. The van der Waals surface area contributed by atoms with E-state index in [-0.39, 0.29) is 17.3 Å². The van der Waals surface area contributed by atoms with Gasteiger partial charge in [0.2, 0.25) is 0 Å². The Bertz CT molecular complexity index is 744. The lowest BCUT2D eigenvalue weighted by Gasteiger charge is -2.07. The van der Waals surface area contributed by atoms with E-state index in [0.29, 0.717) is 0 Å². The Kier molecular flexibility index (Phi) is 3.61. The monoisotopic (exact) mass is 285 g/mol. The van der Waals surface area contributed by atoms with Crippen LogP contribution in [0.5, 0.6) is 11.8 Å². The molecule has 0 atom stereocenters. The molecule has 0 saturated carbocycles. The van der Waals surface area contributed by atoms with Gasteiger partial charge in [-0.3, -0.25) is 0 Å². The van der Waals surface area contributed by atoms with Gasteiger partial charge < -0.3 is 9.84 Å². The summed E-state index contributed by atoms with van der Waals surface area (Å²) in [5.41, 5.74) is 0.912. The third-order valence-electron chi connectivity index (χ3n) is 2.93. The van der Waals surface area contributed by atoms with Gasteiger partial charge in [0.05, 0.1) is 17.9 Å². The van der Waals surface area contributed by atoms with E-state index in [1.165, 1.54) is 18.5 Å². The Morgan fingerprint density at radius 3 is 2.67 bits per heavy atom. The number of hydrogen-bond donors (Lipinski definition) is 1. The molecule has 0 aliphatic heterocycles. The van der Waals surface area contributed by atoms with Gasteiger partial charge in [-0.25, -0.2) is 9.07 Å². The quantitative estimate of drug-likeness (QED) is 0.800. The van der Waals surface area contributed by atoms with Crippen molar-refractivity contribution in [2.45, 2.75) is 6.61 Å². The SMILES string of the molecule is OCc1c(F)cccc1Oc1ncn(-c2ccccc2)n1. The van der Waals surface area contributed by atoms with Crippen molar-refractivity contribution in [1.29, 1.82) is 0 Å². The molecule has 3 aromatic rings. The molecule has 21 heavy (non-hydrogen) atoms. The first kappa shape index (κ1) is 13.3. The zero-order valence-corrected chi connectivity index (χ0v) is 11.0. The summed E-state index contributed by atoms with van der Waals surface area (Å²) in [6.45, 7) is -0.457. The fourth-order valence-electron chi connectivity index (χ4n) is 1.89. The zero-order valence-electron chi connectivity index (χ0n) is 11.0. The Balaban J connectivity index is 1.87. The van der Waals surface area contributed by atoms with Crippen LogP contribution < -0.4 is 4.74 Å². The Labute approximate surface area is 120 Å². The Morgan fingerprint density at radius 1 is 1.10 bits per heavy atom. The molecular formula is C15H12FN3O2. The molecule has 6 heteroatoms. The lowest BCUT2D eigenvalue weighted by molar-refractivity contribution is 0.269. The van der Waals surface area contributed by atoms with Crippen LogP contribution in [0.4, 0.5) is 4.39 Å². The van der Waals surface area contributed by atoms with E-state index in [2.05, 4.69) is 10.1 Å². The molecule has 1 heterocycles. The van der Waals surface area contributed by atoms with Gasteiger partial charge in [0.15, 0.2) is 0 Å². The number of halogens is 1. The van der Waals surface area contributed by atoms with Crippen molar-refractivity contribution in [2.75, 3.05) is 0 Å². The smallest absolute Gasteiger partial charge is 0.341 e. The van der Waals surface area contributed by atoms with Gasteiger partial charge in [-0.2, -0.15) is 4.98 Å². The maximum absolute atomic E-state index is 13.5. The average molecular weight is 285 g/mol. The van der Waals surface area contributed by atoms with E-state index in [1.807, 2.05) is 30.3 Å². The van der Waals surface area contributed by atoms with Gasteiger partial charge in [-0.15, -0.1) is 5.10 Å². The number of ether oxygens (including phenoxy) is 1. The predicted molar refractivity (Wildman–Crippen MR) is 73.8 cm³/mol. The normalized spacial score (nSPS) is 10.6. The Hall–Kier alpha value is -2.73. The largest absolute Gasteiger partial charge is 0.423 e. The van der Waals surface area contributed by atoms with Crippen LogP contribution in [0.1, 0.15) is 5.56 Å². The van der Waals surface area contributed by atoms with E-state index in [0.717, 1.165) is 5.69 Å². The summed E-state index contributed by atoms with van der Waals surface area (Å²) >= 11 is 0. The average Bonchev–Trinajstić information content (AvgIpc) is 2.97. The van der Waals surface area contributed by atoms with Crippen LogP contribution in [0.3, 0.4) is 0 Å². The van der Waals surface area contributed by atoms with Crippen LogP contribution in [0.2, 0.25) is 0 Å². The number of aliphatic hydroxyl groups excluding tert-OH is 1. The molecule has 0 fully saturated rings. The van der Waals surface area contributed by atoms with Crippen molar-refractivity contribution in [3.8, 4) is 17.4 Å². The molecular weight excluding hydrogens is 273 g/mol. The first-order valence-corrected chi connectivity index (χ1v) is 6.31. The van der Waals surface area contributed by atoms with Gasteiger partial charge in [0, 0.05) is 0 Å². The van der Waals surface area contributed by atoms with Gasteiger partial charge >= 0.3 is 6.01 Å². The van der Waals surface area contributed by atoms with Crippen LogP contribution in [-0.2, 0) is 6.61 Å². The van der Waals surface area contributed by atoms with Crippen LogP contribution in [0.25, 0.3) is 5.69 Å². The minimum Gasteiger partial charge on any atom is -0.423 e. The summed E-state index contributed by atoms with van der Waals surface area (Å²) in [6.07, 6.45) is 1.50. The molecule has 0 amide bonds. The van der Waals surface area contributed by atoms with E-state index >= 15 is 0 Å². The van der Waals surface area contributed by atoms with E-state index in [1.54, 1.807) is 10.7 Å². The molecule has 0 radical (unpaired) electrons. The summed E-state index contributed by atoms with van der Waals surface area (Å²) in [5, 5.41) is 13.4. The third kappa shape index (κ3) is 2.75. The topological polar surface area (TPSA) is 60.2 Å². The second-order valence-electron chi connectivity index (χ2n) is 4.28. The third-order valence-corrected chi connectivity index (χ3v) is 2.93. The standard InChI is InChI=1S/C15H12FN3O2/c16-13-7-4-8-14(12(13)9-20)21-15-17-10-19(18-15)11-5-2-1-3-6-11/h1-8,10,20H,9H2. The Morgan fingerprint density at radius 2 is 1.90 bits per heavy atom. The molecule has 2 aromatic carbocycles. The number of aromatic nitrogens is 3. The molecule has 1 N–H and O–H groups in total. The highest BCUT2D eigenvalue weighted by Crippen LogP contribution is 2.25. The molecule has 5 nitrogen and oxygen atoms in total. The zero-order chi connectivity index (χ0) is 14.7. The lowest BCUT2D eigenvalue weighted by atomic mass is 10.2. The highest BCUT2D eigenvalue weighted by Gasteiger charge is 2.12. The van der Waals surface area contributed by atoms with Gasteiger partial charge in [0.1, 0.15) is 17.9 Å². The van der Waals surface area contributed by atoms with Crippen LogP contribution in [0.15, 0.2) is 54.9 Å². The second kappa shape index (κ2) is 5.72. The highest BCUT2D eigenvalue weighted by molar-refractivity contribution is 5.36. The molecule has 0 aliphatic carbocycles. The summed E-state index contributed by atoms with van der Waals surface area (Å²) in [7, 11) is 0. The van der Waals surface area contributed by atoms with E-state index in [4.69, 9.17) is 4.74 Å². The van der Waals surface area contributed by atoms with Gasteiger partial charge in [-0.1, -0.05) is 24.3 Å². The minimum atomic E-state index is -0.530. The first-order chi connectivity index (χ1) is 10.3. The van der Waals surface area contributed by atoms with Crippen molar-refractivity contribution in [1.82, 2.24) is 14.8 Å². The van der Waals surface area contributed by atoms with E-state index < -0.39 is 12.4 Å². The molecule has 0 aliphatic rings. The number of nitrogens with zero attached hydrogens (tertiary/aromatic N) is 3. The molecule has 1 aromatic heterocycles. The molecule has 0 saturated heterocycles. The number of aliphatic hydroxyl groups is 1. The van der Waals surface area contributed by atoms with Crippen LogP contribution in [0, 0.1) is 5.82 Å². The summed E-state index contributed by atoms with van der Waals surface area (Å²) in [4.78, 5) is 4.02. The van der Waals surface area contributed by atoms with E-state index in [9.17, 15) is 9.50 Å². The molecule has 106 valence electrons. The van der Waals surface area contributed by atoms with Crippen LogP contribution >= 0.6 is 0 Å². The van der Waals surface area contributed by atoms with Crippen molar-refractivity contribution in [3.05, 3.63) is 66.2 Å².